The smallest absolute Gasteiger partial charge is 0.119 e. The average Bonchev–Trinajstić information content (AvgIpc) is 3.01. The number of piperidine rings is 1. The number of β-amino-alcohol motifs (C(OH)–C–C–N with tert-alkyl or cyclic N) is 1. The minimum Gasteiger partial charge on any atom is -0.491 e. The SMILES string of the molecule is Cn1ccnc1CC1CCN(CC(O)COc2ccccc2)CC1. The monoisotopic (exact) mass is 329 g/mol. The van der Waals surface area contributed by atoms with Crippen LogP contribution in [0.1, 0.15) is 18.7 Å². The van der Waals surface area contributed by atoms with Gasteiger partial charge in [0.15, 0.2) is 0 Å². The Morgan fingerprint density at radius 3 is 2.67 bits per heavy atom. The lowest BCUT2D eigenvalue weighted by Crippen LogP contribution is -2.41. The predicted molar refractivity (Wildman–Crippen MR) is 94.0 cm³/mol. The molecular weight excluding hydrogens is 302 g/mol. The molecule has 1 aromatic carbocycles. The Morgan fingerprint density at radius 2 is 2.00 bits per heavy atom. The van der Waals surface area contributed by atoms with Crippen LogP contribution < -0.4 is 4.74 Å². The molecule has 130 valence electrons. The molecule has 0 spiro atoms. The lowest BCUT2D eigenvalue weighted by atomic mass is 9.93. The van der Waals surface area contributed by atoms with Crippen LogP contribution in [0, 0.1) is 5.92 Å². The molecule has 0 bridgehead atoms. The first-order chi connectivity index (χ1) is 11.7. The molecule has 3 rings (SSSR count). The highest BCUT2D eigenvalue weighted by molar-refractivity contribution is 5.20. The highest BCUT2D eigenvalue weighted by atomic mass is 16.5. The number of aliphatic hydroxyl groups excluding tert-OH is 1. The second-order valence-electron chi connectivity index (χ2n) is 6.68. The van der Waals surface area contributed by atoms with Gasteiger partial charge in [-0.3, -0.25) is 0 Å². The third-order valence-corrected chi connectivity index (χ3v) is 4.75. The fourth-order valence-electron chi connectivity index (χ4n) is 3.28. The molecular formula is C19H27N3O2. The van der Waals surface area contributed by atoms with Crippen LogP contribution in [0.15, 0.2) is 42.7 Å². The summed E-state index contributed by atoms with van der Waals surface area (Å²) in [6.07, 6.45) is 6.81. The number of likely N-dealkylation sites (tertiary alicyclic amines) is 1. The molecule has 1 atom stereocenters. The first-order valence-electron chi connectivity index (χ1n) is 8.75. The molecule has 0 saturated carbocycles. The zero-order valence-electron chi connectivity index (χ0n) is 14.3. The number of aromatic nitrogens is 2. The van der Waals surface area contributed by atoms with Crippen LogP contribution >= 0.6 is 0 Å². The van der Waals surface area contributed by atoms with Gasteiger partial charge in [0, 0.05) is 32.4 Å². The van der Waals surface area contributed by atoms with Crippen LogP contribution in [-0.4, -0.2) is 51.9 Å². The maximum atomic E-state index is 10.2. The summed E-state index contributed by atoms with van der Waals surface area (Å²) in [5.41, 5.74) is 0. The number of hydrogen-bond acceptors (Lipinski definition) is 4. The molecule has 1 saturated heterocycles. The number of para-hydroxylation sites is 1. The van der Waals surface area contributed by atoms with Gasteiger partial charge in [-0.1, -0.05) is 18.2 Å². The van der Waals surface area contributed by atoms with Gasteiger partial charge in [0.2, 0.25) is 0 Å². The van der Waals surface area contributed by atoms with Crippen LogP contribution in [0.25, 0.3) is 0 Å². The standard InChI is InChI=1S/C19H27N3O2/c1-21-12-9-20-19(21)13-16-7-10-22(11-8-16)14-17(23)15-24-18-5-3-2-4-6-18/h2-6,9,12,16-17,23H,7-8,10-11,13-15H2,1H3. The summed E-state index contributed by atoms with van der Waals surface area (Å²) >= 11 is 0. The maximum Gasteiger partial charge on any atom is 0.119 e. The number of benzene rings is 1. The van der Waals surface area contributed by atoms with Gasteiger partial charge in [0.1, 0.15) is 24.3 Å². The van der Waals surface area contributed by atoms with Crippen molar-refractivity contribution in [1.29, 1.82) is 0 Å². The van der Waals surface area contributed by atoms with Gasteiger partial charge in [0.05, 0.1) is 0 Å². The van der Waals surface area contributed by atoms with Gasteiger partial charge in [-0.2, -0.15) is 0 Å². The third-order valence-electron chi connectivity index (χ3n) is 4.75. The van der Waals surface area contributed by atoms with E-state index in [1.165, 1.54) is 18.7 Å². The van der Waals surface area contributed by atoms with Gasteiger partial charge < -0.3 is 19.3 Å². The van der Waals surface area contributed by atoms with E-state index in [9.17, 15) is 5.11 Å². The van der Waals surface area contributed by atoms with E-state index in [-0.39, 0.29) is 0 Å². The van der Waals surface area contributed by atoms with Gasteiger partial charge in [-0.25, -0.2) is 4.98 Å². The molecule has 1 fully saturated rings. The molecule has 0 radical (unpaired) electrons. The predicted octanol–water partition coefficient (Wildman–Crippen LogP) is 2.11. The Kier molecular flexibility index (Phi) is 5.88. The van der Waals surface area contributed by atoms with Crippen molar-refractivity contribution in [2.24, 2.45) is 13.0 Å². The zero-order chi connectivity index (χ0) is 16.8. The highest BCUT2D eigenvalue weighted by Crippen LogP contribution is 2.21. The molecule has 0 amide bonds. The Balaban J connectivity index is 1.36. The Labute approximate surface area is 143 Å². The van der Waals surface area contributed by atoms with Crippen molar-refractivity contribution in [3.05, 3.63) is 48.5 Å². The van der Waals surface area contributed by atoms with Crippen LogP contribution in [0.2, 0.25) is 0 Å². The molecule has 0 aliphatic carbocycles. The number of nitrogens with zero attached hydrogens (tertiary/aromatic N) is 3. The van der Waals surface area contributed by atoms with Gasteiger partial charge in [0.25, 0.3) is 0 Å². The normalized spacial score (nSPS) is 17.8. The molecule has 1 aromatic heterocycles. The Hall–Kier alpha value is -1.85. The third kappa shape index (κ3) is 4.82. The maximum absolute atomic E-state index is 10.2. The summed E-state index contributed by atoms with van der Waals surface area (Å²) in [7, 11) is 2.06. The van der Waals surface area contributed by atoms with Crippen LogP contribution in [0.3, 0.4) is 0 Å². The van der Waals surface area contributed by atoms with Crippen LogP contribution in [0.4, 0.5) is 0 Å². The van der Waals surface area contributed by atoms with Crippen molar-refractivity contribution < 1.29 is 9.84 Å². The van der Waals surface area contributed by atoms with Gasteiger partial charge in [-0.05, 0) is 44.0 Å². The van der Waals surface area contributed by atoms with E-state index in [1.54, 1.807) is 0 Å². The second-order valence-corrected chi connectivity index (χ2v) is 6.68. The summed E-state index contributed by atoms with van der Waals surface area (Å²) in [4.78, 5) is 6.76. The van der Waals surface area contributed by atoms with E-state index < -0.39 is 6.10 Å². The molecule has 1 N–H and O–H groups in total. The van der Waals surface area contributed by atoms with E-state index >= 15 is 0 Å². The largest absolute Gasteiger partial charge is 0.491 e. The lowest BCUT2D eigenvalue weighted by molar-refractivity contribution is 0.0549. The summed E-state index contributed by atoms with van der Waals surface area (Å²) in [6, 6.07) is 9.66. The van der Waals surface area contributed by atoms with E-state index in [0.29, 0.717) is 19.1 Å². The number of aliphatic hydroxyl groups is 1. The number of rotatable bonds is 7. The van der Waals surface area contributed by atoms with E-state index in [4.69, 9.17) is 4.74 Å². The van der Waals surface area contributed by atoms with E-state index in [1.807, 2.05) is 42.7 Å². The first-order valence-corrected chi connectivity index (χ1v) is 8.75. The van der Waals surface area contributed by atoms with Crippen molar-refractivity contribution >= 4 is 0 Å². The summed E-state index contributed by atoms with van der Waals surface area (Å²) < 4.78 is 7.73. The number of imidazole rings is 1. The van der Waals surface area contributed by atoms with Crippen molar-refractivity contribution in [2.75, 3.05) is 26.2 Å². The summed E-state index contributed by atoms with van der Waals surface area (Å²) in [6.45, 7) is 3.11. The van der Waals surface area contributed by atoms with Crippen molar-refractivity contribution in [1.82, 2.24) is 14.5 Å². The quantitative estimate of drug-likeness (QED) is 0.845. The minimum atomic E-state index is -0.448. The first kappa shape index (κ1) is 17.0. The topological polar surface area (TPSA) is 50.5 Å². The van der Waals surface area contributed by atoms with Crippen molar-refractivity contribution in [2.45, 2.75) is 25.4 Å². The Bertz CT molecular complexity index is 606. The van der Waals surface area contributed by atoms with Gasteiger partial charge in [-0.15, -0.1) is 0 Å². The number of hydrogen-bond donors (Lipinski definition) is 1. The zero-order valence-corrected chi connectivity index (χ0v) is 14.3. The molecule has 1 unspecified atom stereocenters. The van der Waals surface area contributed by atoms with E-state index in [0.717, 1.165) is 25.3 Å². The average molecular weight is 329 g/mol. The molecule has 2 heterocycles. The fourth-order valence-corrected chi connectivity index (χ4v) is 3.28. The van der Waals surface area contributed by atoms with Crippen molar-refractivity contribution in [3.63, 3.8) is 0 Å². The Morgan fingerprint density at radius 1 is 1.25 bits per heavy atom. The molecule has 1 aliphatic heterocycles. The van der Waals surface area contributed by atoms with Gasteiger partial charge >= 0.3 is 0 Å². The summed E-state index contributed by atoms with van der Waals surface area (Å²) in [5.74, 6) is 2.68. The highest BCUT2D eigenvalue weighted by Gasteiger charge is 2.22. The molecule has 24 heavy (non-hydrogen) atoms. The minimum absolute atomic E-state index is 0.344. The number of aryl methyl sites for hydroxylation is 1. The van der Waals surface area contributed by atoms with Crippen molar-refractivity contribution in [3.8, 4) is 5.75 Å². The molecule has 2 aromatic rings. The van der Waals surface area contributed by atoms with E-state index in [2.05, 4.69) is 21.5 Å². The molecule has 5 heteroatoms. The summed E-state index contributed by atoms with van der Waals surface area (Å²) in [5, 5.41) is 10.2. The molecule has 1 aliphatic rings. The second kappa shape index (κ2) is 8.31. The number of ether oxygens (including phenoxy) is 1. The molecule has 5 nitrogen and oxygen atoms in total. The lowest BCUT2D eigenvalue weighted by Gasteiger charge is -2.33. The van der Waals surface area contributed by atoms with Crippen LogP contribution in [0.5, 0.6) is 5.75 Å². The van der Waals surface area contributed by atoms with Crippen LogP contribution in [-0.2, 0) is 13.5 Å². The fraction of sp³-hybridized carbons (Fsp3) is 0.526.